The Kier molecular flexibility index (Phi) is 7.67. The molecule has 36 heavy (non-hydrogen) atoms. The van der Waals surface area contributed by atoms with E-state index in [-0.39, 0.29) is 34.7 Å². The number of hydrogen-bond acceptors (Lipinski definition) is 5. The minimum atomic E-state index is -1.12. The molecule has 0 aromatic heterocycles. The summed E-state index contributed by atoms with van der Waals surface area (Å²) >= 11 is 0. The van der Waals surface area contributed by atoms with Crippen molar-refractivity contribution in [2.75, 3.05) is 0 Å². The average molecular weight is 489 g/mol. The SMILES string of the molecule is CCCC1=C(O)C(CCC)(CCC)C(=O)C(C(=O)C2CC2c2ccc(Oc3ccccc3)cc2)=C1O. The van der Waals surface area contributed by atoms with Crippen LogP contribution in [-0.4, -0.2) is 21.8 Å². The lowest BCUT2D eigenvalue weighted by atomic mass is 9.66. The van der Waals surface area contributed by atoms with E-state index in [0.29, 0.717) is 56.3 Å². The van der Waals surface area contributed by atoms with Crippen LogP contribution < -0.4 is 4.74 Å². The van der Waals surface area contributed by atoms with Crippen LogP contribution in [0.3, 0.4) is 0 Å². The molecule has 5 heteroatoms. The first-order valence-electron chi connectivity index (χ1n) is 13.2. The molecule has 2 aromatic carbocycles. The Morgan fingerprint density at radius 2 is 1.53 bits per heavy atom. The number of aliphatic hydroxyl groups is 2. The van der Waals surface area contributed by atoms with Gasteiger partial charge in [-0.1, -0.05) is 70.4 Å². The van der Waals surface area contributed by atoms with Gasteiger partial charge in [0, 0.05) is 11.5 Å². The lowest BCUT2D eigenvalue weighted by Gasteiger charge is -2.37. The number of benzene rings is 2. The predicted octanol–water partition coefficient (Wildman–Crippen LogP) is 7.75. The van der Waals surface area contributed by atoms with E-state index in [2.05, 4.69) is 0 Å². The zero-order valence-electron chi connectivity index (χ0n) is 21.4. The number of ketones is 2. The van der Waals surface area contributed by atoms with E-state index >= 15 is 0 Å². The minimum absolute atomic E-state index is 0.00254. The highest BCUT2D eigenvalue weighted by Crippen LogP contribution is 2.53. The Bertz CT molecular complexity index is 1170. The van der Waals surface area contributed by atoms with Crippen LogP contribution in [0, 0.1) is 11.3 Å². The fraction of sp³-hybridized carbons (Fsp3) is 0.419. The Labute approximate surface area is 213 Å². The average Bonchev–Trinajstić information content (AvgIpc) is 3.68. The fourth-order valence-corrected chi connectivity index (χ4v) is 5.61. The van der Waals surface area contributed by atoms with E-state index in [1.807, 2.05) is 75.4 Å². The van der Waals surface area contributed by atoms with Crippen molar-refractivity contribution in [2.45, 2.75) is 71.6 Å². The third kappa shape index (κ3) is 4.71. The van der Waals surface area contributed by atoms with Gasteiger partial charge in [0.2, 0.25) is 0 Å². The summed E-state index contributed by atoms with van der Waals surface area (Å²) in [6.45, 7) is 5.90. The second-order valence-corrected chi connectivity index (χ2v) is 10.0. The highest BCUT2D eigenvalue weighted by Gasteiger charge is 2.54. The minimum Gasteiger partial charge on any atom is -0.511 e. The van der Waals surface area contributed by atoms with Gasteiger partial charge in [-0.2, -0.15) is 0 Å². The summed E-state index contributed by atoms with van der Waals surface area (Å²) < 4.78 is 5.86. The lowest BCUT2D eigenvalue weighted by Crippen LogP contribution is -2.41. The van der Waals surface area contributed by atoms with Crippen LogP contribution in [0.1, 0.15) is 77.2 Å². The number of ether oxygens (including phenoxy) is 1. The van der Waals surface area contributed by atoms with E-state index in [0.717, 1.165) is 11.3 Å². The monoisotopic (exact) mass is 488 g/mol. The van der Waals surface area contributed by atoms with E-state index in [1.165, 1.54) is 0 Å². The molecule has 2 atom stereocenters. The molecular weight excluding hydrogens is 452 g/mol. The molecule has 0 saturated heterocycles. The fourth-order valence-electron chi connectivity index (χ4n) is 5.61. The van der Waals surface area contributed by atoms with Crippen LogP contribution >= 0.6 is 0 Å². The Morgan fingerprint density at radius 1 is 0.917 bits per heavy atom. The molecule has 2 aliphatic carbocycles. The standard InChI is InChI=1S/C31H36O5/c1-4-10-23-27(32)26(30(35)31(17-5-2,18-6-3)29(23)34)28(33)25-19-24(25)20-13-15-22(16-14-20)36-21-11-8-7-9-12-21/h7-9,11-16,24-25,32,34H,4-6,10,17-19H2,1-3H3. The van der Waals surface area contributed by atoms with E-state index in [1.54, 1.807) is 0 Å². The van der Waals surface area contributed by atoms with E-state index < -0.39 is 11.2 Å². The topological polar surface area (TPSA) is 83.8 Å². The van der Waals surface area contributed by atoms with Gasteiger partial charge < -0.3 is 14.9 Å². The van der Waals surface area contributed by atoms with Crippen LogP contribution in [0.15, 0.2) is 77.3 Å². The van der Waals surface area contributed by atoms with Crippen LogP contribution in [0.25, 0.3) is 0 Å². The van der Waals surface area contributed by atoms with Crippen LogP contribution in [0.2, 0.25) is 0 Å². The summed E-state index contributed by atoms with van der Waals surface area (Å²) in [4.78, 5) is 27.4. The van der Waals surface area contributed by atoms with Gasteiger partial charge in [0.25, 0.3) is 0 Å². The molecule has 0 bridgehead atoms. The summed E-state index contributed by atoms with van der Waals surface area (Å²) in [6.07, 6.45) is 4.06. The zero-order chi connectivity index (χ0) is 25.9. The van der Waals surface area contributed by atoms with Crippen molar-refractivity contribution < 1.29 is 24.5 Å². The Balaban J connectivity index is 1.58. The van der Waals surface area contributed by atoms with Gasteiger partial charge >= 0.3 is 0 Å². The molecule has 2 N–H and O–H groups in total. The highest BCUT2D eigenvalue weighted by atomic mass is 16.5. The Hall–Kier alpha value is -3.34. The molecule has 0 aliphatic heterocycles. The first-order valence-corrected chi connectivity index (χ1v) is 13.2. The maximum atomic E-state index is 13.8. The number of carbonyl (C=O) groups is 2. The second kappa shape index (κ2) is 10.7. The van der Waals surface area contributed by atoms with Gasteiger partial charge in [-0.15, -0.1) is 0 Å². The van der Waals surface area contributed by atoms with Crippen molar-refractivity contribution in [1.82, 2.24) is 0 Å². The van der Waals surface area contributed by atoms with Gasteiger partial charge in [-0.25, -0.2) is 0 Å². The van der Waals surface area contributed by atoms with Crippen LogP contribution in [0.5, 0.6) is 11.5 Å². The third-order valence-electron chi connectivity index (χ3n) is 7.44. The molecule has 190 valence electrons. The Morgan fingerprint density at radius 3 is 2.11 bits per heavy atom. The van der Waals surface area contributed by atoms with E-state index in [9.17, 15) is 19.8 Å². The summed E-state index contributed by atoms with van der Waals surface area (Å²) in [5.74, 6) is 0.0501. The van der Waals surface area contributed by atoms with Crippen molar-refractivity contribution >= 4 is 11.6 Å². The zero-order valence-corrected chi connectivity index (χ0v) is 21.4. The quantitative estimate of drug-likeness (QED) is 0.316. The van der Waals surface area contributed by atoms with Crippen LogP contribution in [0.4, 0.5) is 0 Å². The summed E-state index contributed by atoms with van der Waals surface area (Å²) in [6, 6.07) is 17.2. The number of para-hydroxylation sites is 1. The van der Waals surface area contributed by atoms with Gasteiger partial charge in [0.05, 0.1) is 5.41 Å². The number of allylic oxidation sites excluding steroid dienone is 3. The van der Waals surface area contributed by atoms with Crippen LogP contribution in [-0.2, 0) is 9.59 Å². The normalized spacial score (nSPS) is 21.0. The molecule has 1 fully saturated rings. The molecule has 2 aromatic rings. The molecular formula is C31H36O5. The van der Waals surface area contributed by atoms with Gasteiger partial charge in [0.15, 0.2) is 11.6 Å². The number of hydrogen-bond donors (Lipinski definition) is 2. The number of carbonyl (C=O) groups excluding carboxylic acids is 2. The molecule has 2 unspecified atom stereocenters. The molecule has 2 aliphatic rings. The van der Waals surface area contributed by atoms with Gasteiger partial charge in [0.1, 0.15) is 28.6 Å². The largest absolute Gasteiger partial charge is 0.511 e. The summed E-state index contributed by atoms with van der Waals surface area (Å²) in [5.41, 5.74) is 0.153. The summed E-state index contributed by atoms with van der Waals surface area (Å²) in [5, 5.41) is 22.2. The number of rotatable bonds is 11. The molecule has 0 spiro atoms. The van der Waals surface area contributed by atoms with Gasteiger partial charge in [-0.3, -0.25) is 9.59 Å². The maximum Gasteiger partial charge on any atom is 0.183 e. The highest BCUT2D eigenvalue weighted by molar-refractivity contribution is 6.25. The smallest absolute Gasteiger partial charge is 0.183 e. The van der Waals surface area contributed by atoms with Crippen molar-refractivity contribution in [3.05, 3.63) is 82.8 Å². The van der Waals surface area contributed by atoms with Crippen molar-refractivity contribution in [1.29, 1.82) is 0 Å². The second-order valence-electron chi connectivity index (χ2n) is 10.0. The molecule has 0 heterocycles. The number of aliphatic hydroxyl groups excluding tert-OH is 2. The third-order valence-corrected chi connectivity index (χ3v) is 7.44. The first-order chi connectivity index (χ1) is 17.4. The van der Waals surface area contributed by atoms with Crippen molar-refractivity contribution in [3.8, 4) is 11.5 Å². The molecule has 5 nitrogen and oxygen atoms in total. The van der Waals surface area contributed by atoms with E-state index in [4.69, 9.17) is 4.74 Å². The first kappa shape index (κ1) is 25.7. The van der Waals surface area contributed by atoms with Crippen molar-refractivity contribution in [3.63, 3.8) is 0 Å². The maximum absolute atomic E-state index is 13.8. The lowest BCUT2D eigenvalue weighted by molar-refractivity contribution is -0.129. The molecule has 4 rings (SSSR count). The molecule has 0 amide bonds. The number of Topliss-reactive ketones (excluding diaryl/α,β-unsaturated/α-hetero) is 2. The van der Waals surface area contributed by atoms with Crippen molar-refractivity contribution in [2.24, 2.45) is 11.3 Å². The van der Waals surface area contributed by atoms with Gasteiger partial charge in [-0.05, 0) is 61.4 Å². The summed E-state index contributed by atoms with van der Waals surface area (Å²) in [7, 11) is 0. The molecule has 1 saturated carbocycles. The molecule has 0 radical (unpaired) electrons. The predicted molar refractivity (Wildman–Crippen MR) is 140 cm³/mol.